The molecule has 15 heavy (non-hydrogen) atoms. The Morgan fingerprint density at radius 3 is 2.73 bits per heavy atom. The zero-order chi connectivity index (χ0) is 10.9. The Balaban J connectivity index is 1.76. The zero-order valence-electron chi connectivity index (χ0n) is 9.74. The summed E-state index contributed by atoms with van der Waals surface area (Å²) in [6.45, 7) is 8.40. The molecule has 1 aliphatic heterocycles. The van der Waals surface area contributed by atoms with Crippen molar-refractivity contribution in [1.82, 2.24) is 0 Å². The van der Waals surface area contributed by atoms with Gasteiger partial charge in [0.15, 0.2) is 0 Å². The van der Waals surface area contributed by atoms with E-state index in [0.29, 0.717) is 32.5 Å². The minimum Gasteiger partial charge on any atom is -0.379 e. The van der Waals surface area contributed by atoms with Gasteiger partial charge in [0.05, 0.1) is 39.1 Å². The molecular weight excluding hydrogens is 196 g/mol. The lowest BCUT2D eigenvalue weighted by atomic mass is 10.4. The third-order valence-electron chi connectivity index (χ3n) is 2.04. The van der Waals surface area contributed by atoms with Gasteiger partial charge in [-0.05, 0) is 13.3 Å². The van der Waals surface area contributed by atoms with Gasteiger partial charge in [-0.15, -0.1) is 0 Å². The number of ether oxygens (including phenoxy) is 4. The lowest BCUT2D eigenvalue weighted by molar-refractivity contribution is -0.0308. The minimum atomic E-state index is 0.150. The van der Waals surface area contributed by atoms with Crippen molar-refractivity contribution < 1.29 is 18.9 Å². The first-order valence-corrected chi connectivity index (χ1v) is 5.71. The fourth-order valence-corrected chi connectivity index (χ4v) is 1.13. The van der Waals surface area contributed by atoms with E-state index < -0.39 is 0 Å². The van der Waals surface area contributed by atoms with Crippen molar-refractivity contribution >= 4 is 0 Å². The summed E-state index contributed by atoms with van der Waals surface area (Å²) in [7, 11) is 0. The van der Waals surface area contributed by atoms with Crippen LogP contribution in [0.1, 0.15) is 20.3 Å². The Hall–Kier alpha value is -0.160. The lowest BCUT2D eigenvalue weighted by Gasteiger charge is -2.13. The van der Waals surface area contributed by atoms with E-state index in [0.717, 1.165) is 19.6 Å². The number of hydrogen-bond donors (Lipinski definition) is 0. The molecule has 0 aromatic rings. The van der Waals surface area contributed by atoms with Crippen LogP contribution in [0, 0.1) is 0 Å². The van der Waals surface area contributed by atoms with Crippen LogP contribution in [0.2, 0.25) is 0 Å². The van der Waals surface area contributed by atoms with Gasteiger partial charge in [-0.1, -0.05) is 6.92 Å². The van der Waals surface area contributed by atoms with Crippen LogP contribution < -0.4 is 0 Å². The van der Waals surface area contributed by atoms with Crippen LogP contribution in [0.4, 0.5) is 0 Å². The molecule has 2 unspecified atom stereocenters. The van der Waals surface area contributed by atoms with E-state index in [2.05, 4.69) is 6.92 Å². The van der Waals surface area contributed by atoms with Gasteiger partial charge in [-0.2, -0.15) is 0 Å². The summed E-state index contributed by atoms with van der Waals surface area (Å²) in [6, 6.07) is 0. The smallest absolute Gasteiger partial charge is 0.104 e. The molecule has 1 saturated heterocycles. The molecule has 0 aliphatic carbocycles. The number of rotatable bonds is 10. The lowest BCUT2D eigenvalue weighted by Crippen LogP contribution is -2.19. The molecule has 0 saturated carbocycles. The van der Waals surface area contributed by atoms with Crippen molar-refractivity contribution in [3.05, 3.63) is 0 Å². The van der Waals surface area contributed by atoms with Gasteiger partial charge in [-0.25, -0.2) is 0 Å². The van der Waals surface area contributed by atoms with Gasteiger partial charge in [0, 0.05) is 6.61 Å². The second kappa shape index (κ2) is 8.05. The molecule has 0 spiro atoms. The largest absolute Gasteiger partial charge is 0.379 e. The summed E-state index contributed by atoms with van der Waals surface area (Å²) in [6.07, 6.45) is 1.55. The second-order valence-electron chi connectivity index (χ2n) is 3.79. The van der Waals surface area contributed by atoms with Crippen molar-refractivity contribution in [1.29, 1.82) is 0 Å². The van der Waals surface area contributed by atoms with Gasteiger partial charge in [0.2, 0.25) is 0 Å². The maximum absolute atomic E-state index is 5.50. The summed E-state index contributed by atoms with van der Waals surface area (Å²) in [5.41, 5.74) is 0. The van der Waals surface area contributed by atoms with Gasteiger partial charge in [-0.3, -0.25) is 0 Å². The Kier molecular flexibility index (Phi) is 6.92. The fourth-order valence-electron chi connectivity index (χ4n) is 1.13. The van der Waals surface area contributed by atoms with Gasteiger partial charge >= 0.3 is 0 Å². The van der Waals surface area contributed by atoms with Crippen molar-refractivity contribution in [3.8, 4) is 0 Å². The van der Waals surface area contributed by atoms with E-state index in [4.69, 9.17) is 18.9 Å². The third kappa shape index (κ3) is 7.73. The highest BCUT2D eigenvalue weighted by molar-refractivity contribution is 4.66. The average Bonchev–Trinajstić information content (AvgIpc) is 3.02. The molecule has 1 heterocycles. The van der Waals surface area contributed by atoms with Crippen LogP contribution in [-0.4, -0.2) is 51.8 Å². The summed E-state index contributed by atoms with van der Waals surface area (Å²) in [4.78, 5) is 0. The van der Waals surface area contributed by atoms with E-state index in [9.17, 15) is 0 Å². The van der Waals surface area contributed by atoms with Crippen molar-refractivity contribution in [3.63, 3.8) is 0 Å². The summed E-state index contributed by atoms with van der Waals surface area (Å²) >= 11 is 0. The first-order chi connectivity index (χ1) is 7.33. The summed E-state index contributed by atoms with van der Waals surface area (Å²) < 4.78 is 21.2. The molecule has 0 aromatic heterocycles. The molecule has 0 bridgehead atoms. The topological polar surface area (TPSA) is 40.2 Å². The molecule has 0 N–H and O–H groups in total. The first-order valence-electron chi connectivity index (χ1n) is 5.71. The Morgan fingerprint density at radius 1 is 1.27 bits per heavy atom. The predicted molar refractivity (Wildman–Crippen MR) is 57.1 cm³/mol. The quantitative estimate of drug-likeness (QED) is 0.408. The molecular formula is C11H22O4. The van der Waals surface area contributed by atoms with E-state index in [1.165, 1.54) is 0 Å². The van der Waals surface area contributed by atoms with Crippen LogP contribution in [0.5, 0.6) is 0 Å². The standard InChI is InChI=1S/C11H22O4/c1-3-4-12-7-10(2)14-6-5-13-8-11-9-15-11/h10-11H,3-9H2,1-2H3. The molecule has 1 aliphatic rings. The molecule has 1 fully saturated rings. The van der Waals surface area contributed by atoms with E-state index in [1.807, 2.05) is 6.92 Å². The van der Waals surface area contributed by atoms with Crippen LogP contribution in [0.3, 0.4) is 0 Å². The molecule has 0 aromatic carbocycles. The maximum Gasteiger partial charge on any atom is 0.104 e. The van der Waals surface area contributed by atoms with Gasteiger partial charge < -0.3 is 18.9 Å². The van der Waals surface area contributed by atoms with Crippen molar-refractivity contribution in [2.75, 3.05) is 39.6 Å². The highest BCUT2D eigenvalue weighted by Gasteiger charge is 2.21. The summed E-state index contributed by atoms with van der Waals surface area (Å²) in [5, 5.41) is 0. The van der Waals surface area contributed by atoms with Gasteiger partial charge in [0.25, 0.3) is 0 Å². The average molecular weight is 218 g/mol. The summed E-state index contributed by atoms with van der Waals surface area (Å²) in [5.74, 6) is 0. The molecule has 0 radical (unpaired) electrons. The molecule has 0 amide bonds. The first kappa shape index (κ1) is 12.9. The van der Waals surface area contributed by atoms with Crippen LogP contribution >= 0.6 is 0 Å². The molecule has 4 nitrogen and oxygen atoms in total. The Morgan fingerprint density at radius 2 is 2.07 bits per heavy atom. The van der Waals surface area contributed by atoms with E-state index in [-0.39, 0.29) is 6.10 Å². The minimum absolute atomic E-state index is 0.150. The third-order valence-corrected chi connectivity index (χ3v) is 2.04. The molecule has 1 rings (SSSR count). The highest BCUT2D eigenvalue weighted by atomic mass is 16.6. The van der Waals surface area contributed by atoms with Gasteiger partial charge in [0.1, 0.15) is 6.10 Å². The Labute approximate surface area is 91.8 Å². The van der Waals surface area contributed by atoms with Crippen LogP contribution in [-0.2, 0) is 18.9 Å². The number of epoxide rings is 1. The van der Waals surface area contributed by atoms with Crippen molar-refractivity contribution in [2.45, 2.75) is 32.5 Å². The van der Waals surface area contributed by atoms with E-state index in [1.54, 1.807) is 0 Å². The normalized spacial score (nSPS) is 21.6. The molecule has 2 atom stereocenters. The van der Waals surface area contributed by atoms with E-state index >= 15 is 0 Å². The monoisotopic (exact) mass is 218 g/mol. The predicted octanol–water partition coefficient (Wildman–Crippen LogP) is 1.23. The van der Waals surface area contributed by atoms with Crippen LogP contribution in [0.15, 0.2) is 0 Å². The molecule has 90 valence electrons. The SMILES string of the molecule is CCCOCC(C)OCCOCC1CO1. The van der Waals surface area contributed by atoms with Crippen molar-refractivity contribution in [2.24, 2.45) is 0 Å². The number of hydrogen-bond acceptors (Lipinski definition) is 4. The molecule has 4 heteroatoms. The fraction of sp³-hybridized carbons (Fsp3) is 1.00. The Bertz CT molecular complexity index is 148. The highest BCUT2D eigenvalue weighted by Crippen LogP contribution is 2.08. The van der Waals surface area contributed by atoms with Crippen LogP contribution in [0.25, 0.3) is 0 Å². The second-order valence-corrected chi connectivity index (χ2v) is 3.79. The zero-order valence-corrected chi connectivity index (χ0v) is 9.74. The maximum atomic E-state index is 5.50.